The summed E-state index contributed by atoms with van der Waals surface area (Å²) in [5.74, 6) is 0.480. The average molecular weight is 423 g/mol. The Balaban J connectivity index is 1.28. The number of nitrogens with zero attached hydrogens (tertiary/aromatic N) is 3. The number of ether oxygens (including phenoxy) is 2. The quantitative estimate of drug-likeness (QED) is 0.785. The summed E-state index contributed by atoms with van der Waals surface area (Å²) in [6.07, 6.45) is 1.07. The molecule has 0 unspecified atom stereocenters. The molecule has 3 heterocycles. The molecule has 4 rings (SSSR count). The fourth-order valence-electron chi connectivity index (χ4n) is 4.50. The molecule has 0 spiro atoms. The lowest BCUT2D eigenvalue weighted by Gasteiger charge is -2.39. The van der Waals surface area contributed by atoms with Crippen molar-refractivity contribution in [3.63, 3.8) is 0 Å². The highest BCUT2D eigenvalue weighted by Crippen LogP contribution is 2.23. The maximum Gasteiger partial charge on any atom is 0.317 e. The van der Waals surface area contributed by atoms with Gasteiger partial charge < -0.3 is 24.6 Å². The average Bonchev–Trinajstić information content (AvgIpc) is 3.29. The van der Waals surface area contributed by atoms with E-state index in [1.165, 1.54) is 0 Å². The van der Waals surface area contributed by atoms with Crippen molar-refractivity contribution in [2.24, 2.45) is 5.92 Å². The molecule has 160 valence electrons. The third-order valence-corrected chi connectivity index (χ3v) is 6.46. The molecule has 0 aliphatic carbocycles. The summed E-state index contributed by atoms with van der Waals surface area (Å²) < 4.78 is 11.1. The fourth-order valence-corrected chi connectivity index (χ4v) is 4.69. The number of hydrogen-bond acceptors (Lipinski definition) is 5. The molecule has 3 saturated heterocycles. The molecule has 1 aromatic rings. The second kappa shape index (κ2) is 9.98. The summed E-state index contributed by atoms with van der Waals surface area (Å²) in [6.45, 7) is 8.73. The van der Waals surface area contributed by atoms with E-state index in [1.807, 2.05) is 23.1 Å². The van der Waals surface area contributed by atoms with Gasteiger partial charge in [-0.2, -0.15) is 0 Å². The van der Waals surface area contributed by atoms with Crippen molar-refractivity contribution in [1.82, 2.24) is 15.1 Å². The molecule has 0 aromatic heterocycles. The standard InChI is InChI=1S/C21H31ClN4O3/c22-18-2-1-3-19(14-18)24-5-7-26(8-6-24)21(27)23-15-20(17-4-11-29-16-17)25-9-12-28-13-10-25/h1-3,14,17,20H,4-13,15-16H2,(H,23,27)/t17-,20-/m1/s1. The number of benzene rings is 1. The van der Waals surface area contributed by atoms with Gasteiger partial charge in [0.2, 0.25) is 0 Å². The Bertz CT molecular complexity index is 672. The van der Waals surface area contributed by atoms with Crippen LogP contribution in [0.1, 0.15) is 6.42 Å². The van der Waals surface area contributed by atoms with Crippen LogP contribution in [0.2, 0.25) is 5.02 Å². The molecule has 29 heavy (non-hydrogen) atoms. The van der Waals surface area contributed by atoms with E-state index in [9.17, 15) is 4.79 Å². The Labute approximate surface area is 177 Å². The van der Waals surface area contributed by atoms with Crippen molar-refractivity contribution in [3.05, 3.63) is 29.3 Å². The summed E-state index contributed by atoms with van der Waals surface area (Å²) in [5.41, 5.74) is 1.12. The predicted octanol–water partition coefficient (Wildman–Crippen LogP) is 1.91. The van der Waals surface area contributed by atoms with Crippen molar-refractivity contribution in [3.8, 4) is 0 Å². The highest BCUT2D eigenvalue weighted by molar-refractivity contribution is 6.30. The summed E-state index contributed by atoms with van der Waals surface area (Å²) in [6, 6.07) is 8.25. The second-order valence-electron chi connectivity index (χ2n) is 7.98. The van der Waals surface area contributed by atoms with Crippen LogP contribution in [0.5, 0.6) is 0 Å². The van der Waals surface area contributed by atoms with Gasteiger partial charge in [-0.3, -0.25) is 4.90 Å². The lowest BCUT2D eigenvalue weighted by Crippen LogP contribution is -2.56. The highest BCUT2D eigenvalue weighted by Gasteiger charge is 2.32. The van der Waals surface area contributed by atoms with Crippen LogP contribution >= 0.6 is 11.6 Å². The van der Waals surface area contributed by atoms with E-state index in [4.69, 9.17) is 21.1 Å². The van der Waals surface area contributed by atoms with E-state index in [0.717, 1.165) is 69.7 Å². The Morgan fingerprint density at radius 2 is 1.90 bits per heavy atom. The third kappa shape index (κ3) is 5.34. The summed E-state index contributed by atoms with van der Waals surface area (Å²) in [5, 5.41) is 3.94. The zero-order valence-electron chi connectivity index (χ0n) is 16.9. The summed E-state index contributed by atoms with van der Waals surface area (Å²) in [7, 11) is 0. The van der Waals surface area contributed by atoms with Gasteiger partial charge in [-0.25, -0.2) is 4.79 Å². The summed E-state index contributed by atoms with van der Waals surface area (Å²) in [4.78, 5) is 19.5. The third-order valence-electron chi connectivity index (χ3n) is 6.23. The summed E-state index contributed by atoms with van der Waals surface area (Å²) >= 11 is 6.11. The Morgan fingerprint density at radius 3 is 2.59 bits per heavy atom. The number of carbonyl (C=O) groups excluding carboxylic acids is 1. The van der Waals surface area contributed by atoms with Crippen LogP contribution in [-0.4, -0.2) is 94.1 Å². The van der Waals surface area contributed by atoms with Crippen molar-refractivity contribution in [2.75, 3.05) is 77.1 Å². The van der Waals surface area contributed by atoms with E-state index < -0.39 is 0 Å². The zero-order valence-corrected chi connectivity index (χ0v) is 17.6. The lowest BCUT2D eigenvalue weighted by molar-refractivity contribution is 0.00185. The number of nitrogens with one attached hydrogen (secondary N) is 1. The number of carbonyl (C=O) groups is 1. The van der Waals surface area contributed by atoms with E-state index in [0.29, 0.717) is 31.6 Å². The van der Waals surface area contributed by atoms with Gasteiger partial charge in [-0.15, -0.1) is 0 Å². The molecule has 2 amide bonds. The number of hydrogen-bond donors (Lipinski definition) is 1. The minimum atomic E-state index is 0.0351. The van der Waals surface area contributed by atoms with Gasteiger partial charge in [0.05, 0.1) is 19.8 Å². The number of piperazine rings is 1. The normalized spacial score (nSPS) is 24.5. The molecule has 8 heteroatoms. The zero-order chi connectivity index (χ0) is 20.1. The SMILES string of the molecule is O=C(NC[C@H]([C@@H]1CCOC1)N1CCOCC1)N1CCN(c2cccc(Cl)c2)CC1. The second-order valence-corrected chi connectivity index (χ2v) is 8.42. The number of morpholine rings is 1. The van der Waals surface area contributed by atoms with E-state index >= 15 is 0 Å². The molecule has 3 aliphatic heterocycles. The first-order chi connectivity index (χ1) is 14.2. The Morgan fingerprint density at radius 1 is 1.10 bits per heavy atom. The highest BCUT2D eigenvalue weighted by atomic mass is 35.5. The smallest absolute Gasteiger partial charge is 0.317 e. The van der Waals surface area contributed by atoms with Gasteiger partial charge in [-0.05, 0) is 24.6 Å². The fraction of sp³-hybridized carbons (Fsp3) is 0.667. The van der Waals surface area contributed by atoms with Crippen LogP contribution in [0.4, 0.5) is 10.5 Å². The van der Waals surface area contributed by atoms with Crippen LogP contribution in [0.15, 0.2) is 24.3 Å². The molecule has 0 radical (unpaired) electrons. The molecular weight excluding hydrogens is 392 g/mol. The first-order valence-electron chi connectivity index (χ1n) is 10.6. The number of amides is 2. The van der Waals surface area contributed by atoms with Crippen molar-refractivity contribution in [2.45, 2.75) is 12.5 Å². The maximum atomic E-state index is 12.8. The van der Waals surface area contributed by atoms with Crippen LogP contribution in [0.3, 0.4) is 0 Å². The topological polar surface area (TPSA) is 57.3 Å². The molecule has 1 N–H and O–H groups in total. The van der Waals surface area contributed by atoms with E-state index in [2.05, 4.69) is 21.2 Å². The van der Waals surface area contributed by atoms with E-state index in [-0.39, 0.29) is 6.03 Å². The number of urea groups is 1. The first kappa shape index (κ1) is 20.7. The first-order valence-corrected chi connectivity index (χ1v) is 11.0. The molecule has 0 saturated carbocycles. The van der Waals surface area contributed by atoms with Gasteiger partial charge in [0.1, 0.15) is 0 Å². The van der Waals surface area contributed by atoms with Gasteiger partial charge in [0.15, 0.2) is 0 Å². The van der Waals surface area contributed by atoms with Crippen molar-refractivity contribution < 1.29 is 14.3 Å². The van der Waals surface area contributed by atoms with E-state index in [1.54, 1.807) is 0 Å². The van der Waals surface area contributed by atoms with Gasteiger partial charge >= 0.3 is 6.03 Å². The van der Waals surface area contributed by atoms with Gasteiger partial charge in [0, 0.05) is 75.1 Å². The maximum absolute atomic E-state index is 12.8. The van der Waals surface area contributed by atoms with Gasteiger partial charge in [0.25, 0.3) is 0 Å². The molecule has 0 bridgehead atoms. The molecule has 7 nitrogen and oxygen atoms in total. The minimum absolute atomic E-state index is 0.0351. The molecule has 3 aliphatic rings. The van der Waals surface area contributed by atoms with Crippen LogP contribution in [-0.2, 0) is 9.47 Å². The molecule has 1 aromatic carbocycles. The Kier molecular flexibility index (Phi) is 7.13. The molecule has 3 fully saturated rings. The van der Waals surface area contributed by atoms with Crippen LogP contribution < -0.4 is 10.2 Å². The monoisotopic (exact) mass is 422 g/mol. The molecule has 2 atom stereocenters. The van der Waals surface area contributed by atoms with Crippen LogP contribution in [0.25, 0.3) is 0 Å². The van der Waals surface area contributed by atoms with Crippen molar-refractivity contribution >= 4 is 23.3 Å². The van der Waals surface area contributed by atoms with Crippen LogP contribution in [0, 0.1) is 5.92 Å². The molecular formula is C21H31ClN4O3. The predicted molar refractivity (Wildman–Crippen MR) is 114 cm³/mol. The largest absolute Gasteiger partial charge is 0.381 e. The minimum Gasteiger partial charge on any atom is -0.381 e. The number of rotatable bonds is 5. The number of anilines is 1. The van der Waals surface area contributed by atoms with Crippen molar-refractivity contribution in [1.29, 1.82) is 0 Å². The number of halogens is 1. The van der Waals surface area contributed by atoms with Gasteiger partial charge in [-0.1, -0.05) is 17.7 Å². The lowest BCUT2D eigenvalue weighted by atomic mass is 9.97. The Hall–Kier alpha value is -1.54.